The van der Waals surface area contributed by atoms with Crippen molar-refractivity contribution in [3.05, 3.63) is 50.6 Å². The number of ether oxygens (including phenoxy) is 2. The second-order valence-electron chi connectivity index (χ2n) is 5.89. The molecule has 0 radical (unpaired) electrons. The number of ketones is 1. The smallest absolute Gasteiger partial charge is 0.314 e. The van der Waals surface area contributed by atoms with E-state index in [1.54, 1.807) is 0 Å². The van der Waals surface area contributed by atoms with Crippen LogP contribution < -0.4 is 10.5 Å². The monoisotopic (exact) mass is 357 g/mol. The van der Waals surface area contributed by atoms with E-state index in [1.165, 1.54) is 13.2 Å². The lowest BCUT2D eigenvalue weighted by atomic mass is 9.77. The van der Waals surface area contributed by atoms with Crippen molar-refractivity contribution in [2.24, 2.45) is 5.73 Å². The van der Waals surface area contributed by atoms with Crippen molar-refractivity contribution in [3.8, 4) is 17.6 Å². The van der Waals surface area contributed by atoms with Crippen LogP contribution in [0.25, 0.3) is 0 Å². The number of Topliss-reactive ketones (excluding diaryl/α,β-unsaturated/α-hetero) is 1. The summed E-state index contributed by atoms with van der Waals surface area (Å²) in [5.74, 6) is -1.65. The number of hydrogen-bond acceptors (Lipinski definition) is 8. The number of nitro groups is 1. The average molecular weight is 357 g/mol. The molecule has 1 aromatic rings. The van der Waals surface area contributed by atoms with Crippen LogP contribution in [-0.2, 0) is 9.53 Å². The Morgan fingerprint density at radius 3 is 2.81 bits per heavy atom. The highest BCUT2D eigenvalue weighted by Gasteiger charge is 2.39. The molecule has 26 heavy (non-hydrogen) atoms. The number of benzene rings is 1. The number of phenolic OH excluding ortho intramolecular Hbond substituents is 1. The minimum atomic E-state index is -0.912. The summed E-state index contributed by atoms with van der Waals surface area (Å²) < 4.78 is 10.5. The molecule has 3 rings (SSSR count). The molecule has 1 heterocycles. The van der Waals surface area contributed by atoms with Crippen LogP contribution in [0.15, 0.2) is 34.9 Å². The van der Waals surface area contributed by atoms with Gasteiger partial charge in [-0.15, -0.1) is 0 Å². The zero-order valence-electron chi connectivity index (χ0n) is 13.8. The second-order valence-corrected chi connectivity index (χ2v) is 5.89. The zero-order chi connectivity index (χ0) is 19.0. The molecule has 9 heteroatoms. The van der Waals surface area contributed by atoms with Gasteiger partial charge in [-0.3, -0.25) is 14.9 Å². The minimum Gasteiger partial charge on any atom is -0.500 e. The molecule has 3 N–H and O–H groups in total. The number of carbonyl (C=O) groups is 1. The van der Waals surface area contributed by atoms with E-state index in [-0.39, 0.29) is 40.5 Å². The molecule has 0 unspecified atom stereocenters. The topological polar surface area (TPSA) is 149 Å². The summed E-state index contributed by atoms with van der Waals surface area (Å²) in [4.78, 5) is 23.0. The Balaban J connectivity index is 2.28. The van der Waals surface area contributed by atoms with Gasteiger partial charge in [0, 0.05) is 24.5 Å². The summed E-state index contributed by atoms with van der Waals surface area (Å²) in [5.41, 5.74) is 5.75. The van der Waals surface area contributed by atoms with Crippen LogP contribution in [0.2, 0.25) is 0 Å². The Kier molecular flexibility index (Phi) is 4.26. The number of nitriles is 1. The van der Waals surface area contributed by atoms with Crippen molar-refractivity contribution in [3.63, 3.8) is 0 Å². The maximum atomic E-state index is 12.5. The third-order valence-electron chi connectivity index (χ3n) is 4.43. The average Bonchev–Trinajstić information content (AvgIpc) is 2.60. The SMILES string of the molecule is COc1cc([C@@H]2C(C#N)=C(N)OC3=C2C(=O)CCC3)cc([N+](=O)[O-])c1O. The van der Waals surface area contributed by atoms with E-state index < -0.39 is 22.3 Å². The number of methoxy groups -OCH3 is 1. The van der Waals surface area contributed by atoms with E-state index in [4.69, 9.17) is 15.2 Å². The normalized spacial score (nSPS) is 19.5. The number of nitrogens with zero attached hydrogens (tertiary/aromatic N) is 2. The minimum absolute atomic E-state index is 0.0129. The fourth-order valence-electron chi connectivity index (χ4n) is 3.26. The lowest BCUT2D eigenvalue weighted by molar-refractivity contribution is -0.386. The summed E-state index contributed by atoms with van der Waals surface area (Å²) >= 11 is 0. The van der Waals surface area contributed by atoms with Crippen LogP contribution in [-0.4, -0.2) is 22.9 Å². The summed E-state index contributed by atoms with van der Waals surface area (Å²) in [6.45, 7) is 0. The molecule has 0 saturated heterocycles. The summed E-state index contributed by atoms with van der Waals surface area (Å²) in [6, 6.07) is 4.40. The first-order chi connectivity index (χ1) is 12.4. The maximum Gasteiger partial charge on any atom is 0.314 e. The van der Waals surface area contributed by atoms with E-state index in [2.05, 4.69) is 0 Å². The number of nitrogens with two attached hydrogens (primary N) is 1. The van der Waals surface area contributed by atoms with Gasteiger partial charge in [-0.1, -0.05) is 0 Å². The fraction of sp³-hybridized carbons (Fsp3) is 0.294. The molecule has 134 valence electrons. The molecule has 2 aliphatic rings. The number of aromatic hydroxyl groups is 1. The quantitative estimate of drug-likeness (QED) is 0.617. The van der Waals surface area contributed by atoms with Gasteiger partial charge in [0.15, 0.2) is 11.5 Å². The van der Waals surface area contributed by atoms with Crippen molar-refractivity contribution in [2.75, 3.05) is 7.11 Å². The first-order valence-electron chi connectivity index (χ1n) is 7.78. The van der Waals surface area contributed by atoms with Crippen LogP contribution in [0.3, 0.4) is 0 Å². The Morgan fingerprint density at radius 1 is 1.46 bits per heavy atom. The van der Waals surface area contributed by atoms with Gasteiger partial charge >= 0.3 is 5.69 Å². The molecular weight excluding hydrogens is 342 g/mol. The Bertz CT molecular complexity index is 925. The zero-order valence-corrected chi connectivity index (χ0v) is 13.8. The Hall–Kier alpha value is -3.54. The summed E-state index contributed by atoms with van der Waals surface area (Å²) in [5, 5.41) is 30.8. The van der Waals surface area contributed by atoms with Gasteiger partial charge in [0.05, 0.1) is 18.0 Å². The standard InChI is InChI=1S/C17H15N3O6/c1-25-13-6-8(5-10(16(13)22)20(23)24)14-9(7-18)17(19)26-12-4-2-3-11(21)15(12)14/h5-6,14,22H,2-4,19H2,1H3/t14-/m1/s1. The third kappa shape index (κ3) is 2.61. The number of phenols is 1. The lowest BCUT2D eigenvalue weighted by Gasteiger charge is -2.31. The molecule has 0 saturated carbocycles. The highest BCUT2D eigenvalue weighted by atomic mass is 16.6. The molecule has 1 atom stereocenters. The molecule has 9 nitrogen and oxygen atoms in total. The molecule has 1 aliphatic carbocycles. The highest BCUT2D eigenvalue weighted by Crippen LogP contribution is 2.47. The van der Waals surface area contributed by atoms with Crippen molar-refractivity contribution >= 4 is 11.5 Å². The number of hydrogen-bond donors (Lipinski definition) is 2. The predicted octanol–water partition coefficient (Wildman–Crippen LogP) is 2.12. The predicted molar refractivity (Wildman–Crippen MR) is 87.8 cm³/mol. The molecule has 1 aromatic carbocycles. The molecule has 0 aromatic heterocycles. The Morgan fingerprint density at radius 2 is 2.19 bits per heavy atom. The van der Waals surface area contributed by atoms with Crippen LogP contribution in [0.5, 0.6) is 11.5 Å². The van der Waals surface area contributed by atoms with Crippen molar-refractivity contribution < 1.29 is 24.3 Å². The fourth-order valence-corrected chi connectivity index (χ4v) is 3.26. The number of nitro benzene ring substituents is 1. The van der Waals surface area contributed by atoms with Gasteiger partial charge in [0.25, 0.3) is 0 Å². The third-order valence-corrected chi connectivity index (χ3v) is 4.43. The molecule has 0 amide bonds. The van der Waals surface area contributed by atoms with Crippen molar-refractivity contribution in [1.82, 2.24) is 0 Å². The number of allylic oxidation sites excluding steroid dienone is 3. The number of rotatable bonds is 3. The van der Waals surface area contributed by atoms with E-state index in [1.807, 2.05) is 6.07 Å². The van der Waals surface area contributed by atoms with Crippen molar-refractivity contribution in [1.29, 1.82) is 5.26 Å². The van der Waals surface area contributed by atoms with Crippen LogP contribution in [0, 0.1) is 21.4 Å². The van der Waals surface area contributed by atoms with E-state index in [0.717, 1.165) is 6.07 Å². The van der Waals surface area contributed by atoms with Gasteiger partial charge in [-0.2, -0.15) is 5.26 Å². The first-order valence-corrected chi connectivity index (χ1v) is 7.78. The molecule has 1 aliphatic heterocycles. The summed E-state index contributed by atoms with van der Waals surface area (Å²) in [7, 11) is 1.25. The summed E-state index contributed by atoms with van der Waals surface area (Å²) in [6.07, 6.45) is 1.36. The lowest BCUT2D eigenvalue weighted by Crippen LogP contribution is -2.27. The molecule has 0 bridgehead atoms. The maximum absolute atomic E-state index is 12.5. The molecule has 0 fully saturated rings. The van der Waals surface area contributed by atoms with Crippen LogP contribution >= 0.6 is 0 Å². The van der Waals surface area contributed by atoms with E-state index in [9.17, 15) is 25.3 Å². The molecular formula is C17H15N3O6. The first kappa shape index (κ1) is 17.3. The second kappa shape index (κ2) is 6.40. The van der Waals surface area contributed by atoms with Gasteiger partial charge < -0.3 is 20.3 Å². The molecule has 0 spiro atoms. The van der Waals surface area contributed by atoms with E-state index in [0.29, 0.717) is 18.6 Å². The highest BCUT2D eigenvalue weighted by molar-refractivity contribution is 5.99. The largest absolute Gasteiger partial charge is 0.500 e. The number of carbonyl (C=O) groups excluding carboxylic acids is 1. The van der Waals surface area contributed by atoms with Gasteiger partial charge in [-0.25, -0.2) is 0 Å². The Labute approximate surface area is 148 Å². The van der Waals surface area contributed by atoms with Gasteiger partial charge in [-0.05, 0) is 18.1 Å². The van der Waals surface area contributed by atoms with Crippen molar-refractivity contribution in [2.45, 2.75) is 25.2 Å². The van der Waals surface area contributed by atoms with Gasteiger partial charge in [0.1, 0.15) is 17.4 Å². The van der Waals surface area contributed by atoms with Crippen LogP contribution in [0.1, 0.15) is 30.7 Å². The van der Waals surface area contributed by atoms with E-state index >= 15 is 0 Å². The van der Waals surface area contributed by atoms with Gasteiger partial charge in [0.2, 0.25) is 11.6 Å². The van der Waals surface area contributed by atoms with Crippen LogP contribution in [0.4, 0.5) is 5.69 Å².